The Morgan fingerprint density at radius 3 is 2.59 bits per heavy atom. The van der Waals surface area contributed by atoms with Crippen LogP contribution in [0.2, 0.25) is 5.02 Å². The van der Waals surface area contributed by atoms with Crippen molar-refractivity contribution in [1.82, 2.24) is 0 Å². The fraction of sp³-hybridized carbons (Fsp3) is 0.0476. The zero-order valence-electron chi connectivity index (χ0n) is 14.2. The minimum atomic E-state index is -0.455. The summed E-state index contributed by atoms with van der Waals surface area (Å²) in [7, 11) is 0. The van der Waals surface area contributed by atoms with E-state index in [2.05, 4.69) is 0 Å². The second kappa shape index (κ2) is 7.02. The molecule has 2 aromatic heterocycles. The third-order valence-corrected chi connectivity index (χ3v) is 5.31. The average molecular weight is 397 g/mol. The molecule has 4 nitrogen and oxygen atoms in total. The van der Waals surface area contributed by atoms with Crippen molar-refractivity contribution >= 4 is 39.9 Å². The summed E-state index contributed by atoms with van der Waals surface area (Å²) in [5.41, 5.74) is 1.93. The maximum atomic E-state index is 12.6. The second-order valence-corrected chi connectivity index (χ2v) is 7.31. The van der Waals surface area contributed by atoms with Gasteiger partial charge in [-0.2, -0.15) is 0 Å². The molecule has 0 amide bonds. The monoisotopic (exact) mass is 396 g/mol. The van der Waals surface area contributed by atoms with E-state index < -0.39 is 11.6 Å². The molecule has 6 heteroatoms. The van der Waals surface area contributed by atoms with E-state index in [0.717, 1.165) is 16.5 Å². The zero-order chi connectivity index (χ0) is 19.0. The van der Waals surface area contributed by atoms with Gasteiger partial charge in [0.2, 0.25) is 0 Å². The number of benzene rings is 2. The van der Waals surface area contributed by atoms with Gasteiger partial charge < -0.3 is 9.15 Å². The van der Waals surface area contributed by atoms with Gasteiger partial charge in [-0.05, 0) is 53.8 Å². The van der Waals surface area contributed by atoms with Crippen LogP contribution in [0.5, 0.6) is 5.75 Å². The van der Waals surface area contributed by atoms with Crippen LogP contribution >= 0.6 is 22.9 Å². The molecule has 2 heterocycles. The molecule has 0 spiro atoms. The minimum Gasteiger partial charge on any atom is -0.422 e. The third-order valence-electron chi connectivity index (χ3n) is 4.20. The highest BCUT2D eigenvalue weighted by Gasteiger charge is 2.15. The quantitative estimate of drug-likeness (QED) is 0.253. The van der Waals surface area contributed by atoms with Crippen molar-refractivity contribution in [2.24, 2.45) is 0 Å². The van der Waals surface area contributed by atoms with E-state index in [1.807, 2.05) is 6.92 Å². The van der Waals surface area contributed by atoms with Crippen LogP contribution < -0.4 is 10.4 Å². The van der Waals surface area contributed by atoms with Gasteiger partial charge in [-0.3, -0.25) is 0 Å². The summed E-state index contributed by atoms with van der Waals surface area (Å²) >= 11 is 7.23. The Morgan fingerprint density at radius 2 is 1.89 bits per heavy atom. The molecule has 0 saturated carbocycles. The van der Waals surface area contributed by atoms with E-state index in [-0.39, 0.29) is 0 Å². The number of fused-ring (bicyclic) bond motifs is 1. The van der Waals surface area contributed by atoms with Crippen molar-refractivity contribution < 1.29 is 13.9 Å². The number of aryl methyl sites for hydroxylation is 1. The molecule has 0 aliphatic heterocycles. The topological polar surface area (TPSA) is 56.5 Å². The van der Waals surface area contributed by atoms with Crippen LogP contribution in [0.25, 0.3) is 22.1 Å². The van der Waals surface area contributed by atoms with Gasteiger partial charge in [0.05, 0.1) is 5.56 Å². The Labute approximate surface area is 163 Å². The lowest BCUT2D eigenvalue weighted by Gasteiger charge is -2.09. The van der Waals surface area contributed by atoms with Gasteiger partial charge in [-0.25, -0.2) is 9.59 Å². The molecular weight excluding hydrogens is 384 g/mol. The Hall–Kier alpha value is -2.89. The van der Waals surface area contributed by atoms with Crippen LogP contribution in [-0.2, 0) is 0 Å². The molecule has 4 aromatic rings. The maximum absolute atomic E-state index is 12.6. The number of carbonyl (C=O) groups excluding carboxylic acids is 1. The number of thiophene rings is 1. The Morgan fingerprint density at radius 1 is 1.11 bits per heavy atom. The number of esters is 1. The first-order valence-corrected chi connectivity index (χ1v) is 9.38. The van der Waals surface area contributed by atoms with E-state index in [9.17, 15) is 9.59 Å². The molecule has 0 atom stereocenters. The van der Waals surface area contributed by atoms with Crippen molar-refractivity contribution in [2.45, 2.75) is 6.92 Å². The van der Waals surface area contributed by atoms with Gasteiger partial charge in [0.15, 0.2) is 0 Å². The third kappa shape index (κ3) is 3.39. The largest absolute Gasteiger partial charge is 0.422 e. The highest BCUT2D eigenvalue weighted by Crippen LogP contribution is 2.30. The molecule has 4 rings (SSSR count). The van der Waals surface area contributed by atoms with Crippen LogP contribution in [0.4, 0.5) is 0 Å². The van der Waals surface area contributed by atoms with E-state index in [1.165, 1.54) is 11.3 Å². The summed E-state index contributed by atoms with van der Waals surface area (Å²) in [6, 6.07) is 15.5. The van der Waals surface area contributed by atoms with Gasteiger partial charge in [0.25, 0.3) is 0 Å². The highest BCUT2D eigenvalue weighted by molar-refractivity contribution is 7.12. The molecule has 0 unspecified atom stereocenters. The summed E-state index contributed by atoms with van der Waals surface area (Å²) in [5.74, 6) is -0.121. The fourth-order valence-corrected chi connectivity index (χ4v) is 3.63. The molecule has 0 N–H and O–H groups in total. The number of ether oxygens (including phenoxy) is 1. The summed E-state index contributed by atoms with van der Waals surface area (Å²) < 4.78 is 10.9. The second-order valence-electron chi connectivity index (χ2n) is 5.92. The molecule has 0 aliphatic carbocycles. The number of hydrogen-bond donors (Lipinski definition) is 0. The van der Waals surface area contributed by atoms with E-state index in [0.29, 0.717) is 26.8 Å². The molecular formula is C21H13ClO4S. The van der Waals surface area contributed by atoms with Gasteiger partial charge >= 0.3 is 11.6 Å². The smallest absolute Gasteiger partial charge is 0.353 e. The molecule has 134 valence electrons. The minimum absolute atomic E-state index is 0.322. The van der Waals surface area contributed by atoms with E-state index in [4.69, 9.17) is 20.8 Å². The number of hydrogen-bond acceptors (Lipinski definition) is 5. The van der Waals surface area contributed by atoms with Crippen molar-refractivity contribution in [3.8, 4) is 16.9 Å². The fourth-order valence-electron chi connectivity index (χ4n) is 2.90. The zero-order valence-corrected chi connectivity index (χ0v) is 15.8. The molecule has 0 radical (unpaired) electrons. The van der Waals surface area contributed by atoms with Crippen LogP contribution in [0.15, 0.2) is 69.2 Å². The molecule has 27 heavy (non-hydrogen) atoms. The summed E-state index contributed by atoms with van der Waals surface area (Å²) in [6.45, 7) is 1.86. The van der Waals surface area contributed by atoms with Gasteiger partial charge in [-0.15, -0.1) is 11.3 Å². The van der Waals surface area contributed by atoms with Crippen LogP contribution in [-0.4, -0.2) is 5.97 Å². The van der Waals surface area contributed by atoms with Crippen molar-refractivity contribution in [1.29, 1.82) is 0 Å². The normalized spacial score (nSPS) is 10.9. The first-order valence-electron chi connectivity index (χ1n) is 8.12. The van der Waals surface area contributed by atoms with Crippen LogP contribution in [0.3, 0.4) is 0 Å². The van der Waals surface area contributed by atoms with Crippen LogP contribution in [0, 0.1) is 6.92 Å². The van der Waals surface area contributed by atoms with Gasteiger partial charge in [0.1, 0.15) is 16.2 Å². The first-order chi connectivity index (χ1) is 13.0. The highest BCUT2D eigenvalue weighted by atomic mass is 35.5. The number of halogens is 1. The molecule has 2 aromatic carbocycles. The lowest BCUT2D eigenvalue weighted by molar-refractivity contribution is 0.0740. The summed E-state index contributed by atoms with van der Waals surface area (Å²) in [5, 5.41) is 3.17. The Bertz CT molecular complexity index is 1190. The maximum Gasteiger partial charge on any atom is 0.353 e. The lowest BCUT2D eigenvalue weighted by atomic mass is 10.00. The predicted octanol–water partition coefficient (Wildman–Crippen LogP) is 5.70. The van der Waals surface area contributed by atoms with Crippen LogP contribution in [0.1, 0.15) is 15.2 Å². The summed E-state index contributed by atoms with van der Waals surface area (Å²) in [6.07, 6.45) is 0. The van der Waals surface area contributed by atoms with Crippen molar-refractivity contribution in [2.75, 3.05) is 0 Å². The number of rotatable bonds is 3. The number of carbonyl (C=O) groups is 1. The molecule has 0 fully saturated rings. The van der Waals surface area contributed by atoms with Gasteiger partial charge in [-0.1, -0.05) is 29.8 Å². The van der Waals surface area contributed by atoms with Crippen molar-refractivity contribution in [3.63, 3.8) is 0 Å². The van der Waals surface area contributed by atoms with Gasteiger partial charge in [0, 0.05) is 16.5 Å². The Balaban J connectivity index is 1.75. The standard InChI is InChI=1S/C21H13ClO4S/c1-12-16-9-8-15(25-20(23)18-3-2-10-27-18)11-17(16)26-21(24)19(12)13-4-6-14(22)7-5-13/h2-11H,1H3. The SMILES string of the molecule is Cc1c(-c2ccc(Cl)cc2)c(=O)oc2cc(OC(=O)c3cccs3)ccc12. The van der Waals surface area contributed by atoms with E-state index >= 15 is 0 Å². The summed E-state index contributed by atoms with van der Waals surface area (Å²) in [4.78, 5) is 25.2. The van der Waals surface area contributed by atoms with E-state index in [1.54, 1.807) is 60.0 Å². The lowest BCUT2D eigenvalue weighted by Crippen LogP contribution is -2.08. The average Bonchev–Trinajstić information content (AvgIpc) is 3.18. The predicted molar refractivity (Wildman–Crippen MR) is 107 cm³/mol. The molecule has 0 bridgehead atoms. The first kappa shape index (κ1) is 17.5. The molecule has 0 saturated heterocycles. The molecule has 0 aliphatic rings. The Kier molecular flexibility index (Phi) is 4.56. The van der Waals surface area contributed by atoms with Crippen molar-refractivity contribution in [3.05, 3.63) is 85.9 Å².